The van der Waals surface area contributed by atoms with Crippen LogP contribution >= 0.6 is 11.3 Å². The number of carbonyl (C=O) groups excluding carboxylic acids is 1. The maximum atomic E-state index is 12.9. The smallest absolute Gasteiger partial charge is 0.278 e. The van der Waals surface area contributed by atoms with Crippen molar-refractivity contribution in [3.05, 3.63) is 33.3 Å². The highest BCUT2D eigenvalue weighted by molar-refractivity contribution is 7.20. The van der Waals surface area contributed by atoms with Crippen LogP contribution in [0.4, 0.5) is 5.13 Å². The van der Waals surface area contributed by atoms with Gasteiger partial charge in [-0.25, -0.2) is 4.98 Å². The Kier molecular flexibility index (Phi) is 6.07. The number of anilines is 1. The summed E-state index contributed by atoms with van der Waals surface area (Å²) in [6, 6.07) is 0. The predicted octanol–water partition coefficient (Wildman–Crippen LogP) is 3.25. The number of nitrogens with one attached hydrogen (secondary N) is 1. The fourth-order valence-corrected chi connectivity index (χ4v) is 6.02. The summed E-state index contributed by atoms with van der Waals surface area (Å²) >= 11 is 1.47. The first-order valence-corrected chi connectivity index (χ1v) is 12.6. The number of carbonyl (C=O) groups is 1. The SMILES string of the molecule is O=C(NCCC1=CCCCC1)[C@@H]1CCCN(c2nn3c(=O)c4c(nc3s2)CCCC4)C1. The molecule has 0 bridgehead atoms. The molecule has 166 valence electrons. The van der Waals surface area contributed by atoms with Crippen molar-refractivity contribution in [1.29, 1.82) is 0 Å². The van der Waals surface area contributed by atoms with Crippen LogP contribution in [0.2, 0.25) is 0 Å². The Hall–Kier alpha value is -2.22. The van der Waals surface area contributed by atoms with E-state index in [1.54, 1.807) is 0 Å². The van der Waals surface area contributed by atoms with Crippen molar-refractivity contribution in [2.24, 2.45) is 5.92 Å². The molecule has 1 atom stereocenters. The van der Waals surface area contributed by atoms with Crippen LogP contribution in [-0.2, 0) is 17.6 Å². The van der Waals surface area contributed by atoms with Crippen molar-refractivity contribution in [2.75, 3.05) is 24.5 Å². The second-order valence-electron chi connectivity index (χ2n) is 9.06. The van der Waals surface area contributed by atoms with Crippen molar-refractivity contribution in [1.82, 2.24) is 19.9 Å². The second kappa shape index (κ2) is 9.10. The standard InChI is InChI=1S/C23H31N5O2S/c29-20(24-13-12-16-7-2-1-3-8-16)17-9-6-14-27(15-17)23-26-28-21(30)18-10-4-5-11-19(18)25-22(28)31-23/h7,17H,1-6,8-15H2,(H,24,29)/t17-/m1/s1. The minimum atomic E-state index is -0.0287. The fourth-order valence-electron chi connectivity index (χ4n) is 5.08. The van der Waals surface area contributed by atoms with E-state index in [2.05, 4.69) is 21.4 Å². The molecule has 3 aliphatic rings. The van der Waals surface area contributed by atoms with Gasteiger partial charge >= 0.3 is 0 Å². The van der Waals surface area contributed by atoms with Crippen LogP contribution in [0.15, 0.2) is 16.4 Å². The van der Waals surface area contributed by atoms with Crippen LogP contribution in [-0.4, -0.2) is 40.1 Å². The summed E-state index contributed by atoms with van der Waals surface area (Å²) in [5.74, 6) is 0.118. The molecule has 1 amide bonds. The number of aromatic nitrogens is 3. The Bertz CT molecular complexity index is 1060. The average molecular weight is 442 g/mol. The van der Waals surface area contributed by atoms with Gasteiger partial charge in [-0.3, -0.25) is 9.59 Å². The van der Waals surface area contributed by atoms with Crippen molar-refractivity contribution in [3.8, 4) is 0 Å². The molecule has 0 aromatic carbocycles. The zero-order chi connectivity index (χ0) is 21.2. The molecule has 8 heteroatoms. The van der Waals surface area contributed by atoms with Gasteiger partial charge in [0, 0.05) is 25.2 Å². The molecule has 0 unspecified atom stereocenters. The molecule has 1 aliphatic heterocycles. The lowest BCUT2D eigenvalue weighted by Crippen LogP contribution is -2.43. The van der Waals surface area contributed by atoms with Crippen LogP contribution in [0.5, 0.6) is 0 Å². The molecule has 0 saturated carbocycles. The summed E-state index contributed by atoms with van der Waals surface area (Å²) in [7, 11) is 0. The fraction of sp³-hybridized carbons (Fsp3) is 0.652. The largest absolute Gasteiger partial charge is 0.355 e. The number of hydrogen-bond acceptors (Lipinski definition) is 6. The number of aryl methyl sites for hydroxylation is 1. The van der Waals surface area contributed by atoms with E-state index in [-0.39, 0.29) is 17.4 Å². The van der Waals surface area contributed by atoms with E-state index < -0.39 is 0 Å². The monoisotopic (exact) mass is 441 g/mol. The highest BCUT2D eigenvalue weighted by atomic mass is 32.1. The Balaban J connectivity index is 1.25. The third kappa shape index (κ3) is 4.40. The topological polar surface area (TPSA) is 79.6 Å². The van der Waals surface area contributed by atoms with Gasteiger partial charge in [-0.15, -0.1) is 5.10 Å². The first kappa shape index (κ1) is 20.7. The maximum absolute atomic E-state index is 12.9. The molecular formula is C23H31N5O2S. The van der Waals surface area contributed by atoms with Gasteiger partial charge in [0.05, 0.1) is 11.6 Å². The molecule has 5 rings (SSSR count). The summed E-state index contributed by atoms with van der Waals surface area (Å²) < 4.78 is 1.48. The zero-order valence-corrected chi connectivity index (χ0v) is 18.9. The molecule has 1 N–H and O–H groups in total. The van der Waals surface area contributed by atoms with Gasteiger partial charge in [-0.2, -0.15) is 4.52 Å². The van der Waals surface area contributed by atoms with Gasteiger partial charge in [0.15, 0.2) is 0 Å². The van der Waals surface area contributed by atoms with Crippen molar-refractivity contribution in [2.45, 2.75) is 70.6 Å². The molecule has 7 nitrogen and oxygen atoms in total. The summed E-state index contributed by atoms with van der Waals surface area (Å²) in [4.78, 5) is 33.2. The number of allylic oxidation sites excluding steroid dienone is 1. The molecular weight excluding hydrogens is 410 g/mol. The number of fused-ring (bicyclic) bond motifs is 2. The highest BCUT2D eigenvalue weighted by Gasteiger charge is 2.28. The van der Waals surface area contributed by atoms with Gasteiger partial charge < -0.3 is 10.2 Å². The molecule has 1 fully saturated rings. The summed E-state index contributed by atoms with van der Waals surface area (Å²) in [6.07, 6.45) is 14.0. The third-order valence-corrected chi connectivity index (χ3v) is 7.83. The van der Waals surface area contributed by atoms with Crippen LogP contribution in [0.3, 0.4) is 0 Å². The average Bonchev–Trinajstić information content (AvgIpc) is 3.24. The van der Waals surface area contributed by atoms with Gasteiger partial charge in [-0.1, -0.05) is 23.0 Å². The van der Waals surface area contributed by atoms with E-state index in [0.29, 0.717) is 11.5 Å². The zero-order valence-electron chi connectivity index (χ0n) is 18.1. The van der Waals surface area contributed by atoms with Crippen LogP contribution in [0, 0.1) is 5.92 Å². The number of nitrogens with zero attached hydrogens (tertiary/aromatic N) is 4. The first-order chi connectivity index (χ1) is 15.2. The normalized spacial score (nSPS) is 21.6. The lowest BCUT2D eigenvalue weighted by Gasteiger charge is -2.31. The highest BCUT2D eigenvalue weighted by Crippen LogP contribution is 2.28. The Morgan fingerprint density at radius 1 is 1.16 bits per heavy atom. The van der Waals surface area contributed by atoms with Gasteiger partial charge in [-0.05, 0) is 70.6 Å². The molecule has 2 aromatic heterocycles. The lowest BCUT2D eigenvalue weighted by atomic mass is 9.96. The number of hydrogen-bond donors (Lipinski definition) is 1. The molecule has 1 saturated heterocycles. The van der Waals surface area contributed by atoms with E-state index in [1.807, 2.05) is 0 Å². The Labute approximate surface area is 186 Å². The van der Waals surface area contributed by atoms with Gasteiger partial charge in [0.2, 0.25) is 16.0 Å². The van der Waals surface area contributed by atoms with Gasteiger partial charge in [0.1, 0.15) is 0 Å². The summed E-state index contributed by atoms with van der Waals surface area (Å²) in [5, 5.41) is 8.56. The van der Waals surface area contributed by atoms with Gasteiger partial charge in [0.25, 0.3) is 5.56 Å². The summed E-state index contributed by atoms with van der Waals surface area (Å²) in [6.45, 7) is 2.25. The van der Waals surface area contributed by atoms with Crippen molar-refractivity contribution in [3.63, 3.8) is 0 Å². The van der Waals surface area contributed by atoms with E-state index in [9.17, 15) is 9.59 Å². The molecule has 0 radical (unpaired) electrons. The molecule has 2 aliphatic carbocycles. The van der Waals surface area contributed by atoms with Crippen molar-refractivity contribution < 1.29 is 4.79 Å². The number of rotatable bonds is 5. The van der Waals surface area contributed by atoms with Crippen molar-refractivity contribution >= 4 is 27.3 Å². The Morgan fingerprint density at radius 2 is 2.03 bits per heavy atom. The number of amides is 1. The third-order valence-electron chi connectivity index (χ3n) is 6.86. The molecule has 2 aromatic rings. The lowest BCUT2D eigenvalue weighted by molar-refractivity contribution is -0.125. The minimum absolute atomic E-state index is 0.00878. The second-order valence-corrected chi connectivity index (χ2v) is 10.00. The van der Waals surface area contributed by atoms with Crippen LogP contribution in [0.25, 0.3) is 4.96 Å². The molecule has 31 heavy (non-hydrogen) atoms. The van der Waals surface area contributed by atoms with E-state index in [1.165, 1.54) is 47.1 Å². The van der Waals surface area contributed by atoms with Crippen LogP contribution in [0.1, 0.15) is 69.0 Å². The Morgan fingerprint density at radius 3 is 2.90 bits per heavy atom. The minimum Gasteiger partial charge on any atom is -0.355 e. The van der Waals surface area contributed by atoms with E-state index >= 15 is 0 Å². The molecule has 0 spiro atoms. The first-order valence-electron chi connectivity index (χ1n) is 11.8. The maximum Gasteiger partial charge on any atom is 0.278 e. The quantitative estimate of drug-likeness (QED) is 0.721. The van der Waals surface area contributed by atoms with Crippen LogP contribution < -0.4 is 15.8 Å². The number of piperidine rings is 1. The van der Waals surface area contributed by atoms with E-state index in [0.717, 1.165) is 74.4 Å². The summed E-state index contributed by atoms with van der Waals surface area (Å²) in [5.41, 5.74) is 3.28. The molecule has 3 heterocycles. The van der Waals surface area contributed by atoms with E-state index in [4.69, 9.17) is 4.98 Å². The predicted molar refractivity (Wildman–Crippen MR) is 123 cm³/mol.